The smallest absolute Gasteiger partial charge is 0.178 e. The van der Waals surface area contributed by atoms with Crippen LogP contribution in [-0.2, 0) is 0 Å². The first-order chi connectivity index (χ1) is 10.1. The molecule has 1 aromatic heterocycles. The maximum atomic E-state index is 13.8. The molecule has 1 fully saturated rings. The summed E-state index contributed by atoms with van der Waals surface area (Å²) in [5.41, 5.74) is 2.01. The highest BCUT2D eigenvalue weighted by molar-refractivity contribution is 7.71. The molecule has 1 N–H and O–H groups in total. The van der Waals surface area contributed by atoms with Gasteiger partial charge in [-0.25, -0.2) is 8.78 Å². The van der Waals surface area contributed by atoms with Gasteiger partial charge in [-0.15, -0.1) is 0 Å². The number of halogens is 2. The molecule has 3 aromatic rings. The molecule has 1 aliphatic rings. The molecule has 5 heteroatoms. The van der Waals surface area contributed by atoms with Crippen LogP contribution in [0.4, 0.5) is 8.78 Å². The largest absolute Gasteiger partial charge is 0.328 e. The lowest BCUT2D eigenvalue weighted by atomic mass is 10.1. The normalized spacial score (nSPS) is 20.9. The summed E-state index contributed by atoms with van der Waals surface area (Å²) in [6.07, 6.45) is 0.934. The lowest BCUT2D eigenvalue weighted by molar-refractivity contribution is 0.589. The van der Waals surface area contributed by atoms with Gasteiger partial charge in [-0.3, -0.25) is 0 Å². The van der Waals surface area contributed by atoms with Crippen molar-refractivity contribution in [3.63, 3.8) is 0 Å². The SMILES string of the molecule is Fc1cc(F)c2[nH]c(=S)n(C3CC3c3ccccc3)c2c1. The number of nitrogens with zero attached hydrogens (tertiary/aromatic N) is 1. The molecular formula is C16H12F2N2S. The Bertz CT molecular complexity index is 882. The second-order valence-electron chi connectivity index (χ2n) is 5.40. The Morgan fingerprint density at radius 1 is 1.14 bits per heavy atom. The number of rotatable bonds is 2. The third-order valence-corrected chi connectivity index (χ3v) is 4.36. The van der Waals surface area contributed by atoms with Gasteiger partial charge in [0.25, 0.3) is 0 Å². The molecule has 0 spiro atoms. The van der Waals surface area contributed by atoms with E-state index in [0.717, 1.165) is 12.5 Å². The number of hydrogen-bond acceptors (Lipinski definition) is 1. The van der Waals surface area contributed by atoms with Crippen molar-refractivity contribution in [1.29, 1.82) is 0 Å². The van der Waals surface area contributed by atoms with Gasteiger partial charge in [0, 0.05) is 18.0 Å². The van der Waals surface area contributed by atoms with Crippen LogP contribution in [-0.4, -0.2) is 9.55 Å². The second-order valence-corrected chi connectivity index (χ2v) is 5.79. The van der Waals surface area contributed by atoms with Crippen LogP contribution in [0.5, 0.6) is 0 Å². The number of H-pyrrole nitrogens is 1. The molecule has 4 rings (SSSR count). The fourth-order valence-electron chi connectivity index (χ4n) is 3.00. The molecule has 1 heterocycles. The zero-order valence-electron chi connectivity index (χ0n) is 11.0. The standard InChI is InChI=1S/C16H12F2N2S/c17-10-6-12(18)15-14(7-10)20(16(21)19-15)13-8-11(13)9-4-2-1-3-5-9/h1-7,11,13H,8H2,(H,19,21). The van der Waals surface area contributed by atoms with E-state index in [1.165, 1.54) is 11.6 Å². The van der Waals surface area contributed by atoms with Crippen LogP contribution in [0, 0.1) is 16.4 Å². The number of nitrogens with one attached hydrogen (secondary N) is 1. The van der Waals surface area contributed by atoms with Crippen molar-refractivity contribution in [2.24, 2.45) is 0 Å². The van der Waals surface area contributed by atoms with Gasteiger partial charge in [0.05, 0.1) is 5.52 Å². The summed E-state index contributed by atoms with van der Waals surface area (Å²) in [5, 5.41) is 0. The van der Waals surface area contributed by atoms with Crippen LogP contribution < -0.4 is 0 Å². The maximum Gasteiger partial charge on any atom is 0.178 e. The summed E-state index contributed by atoms with van der Waals surface area (Å²) in [4.78, 5) is 2.85. The summed E-state index contributed by atoms with van der Waals surface area (Å²) >= 11 is 5.29. The minimum absolute atomic E-state index is 0.162. The van der Waals surface area contributed by atoms with E-state index < -0.39 is 11.6 Å². The van der Waals surface area contributed by atoms with Crippen LogP contribution in [0.2, 0.25) is 0 Å². The first-order valence-electron chi connectivity index (χ1n) is 6.79. The summed E-state index contributed by atoms with van der Waals surface area (Å²) < 4.78 is 29.6. The number of aromatic nitrogens is 2. The van der Waals surface area contributed by atoms with E-state index in [9.17, 15) is 8.78 Å². The summed E-state index contributed by atoms with van der Waals surface area (Å²) in [7, 11) is 0. The number of benzene rings is 2. The Balaban J connectivity index is 1.82. The Morgan fingerprint density at radius 2 is 1.90 bits per heavy atom. The van der Waals surface area contributed by atoms with Crippen LogP contribution in [0.3, 0.4) is 0 Å². The van der Waals surface area contributed by atoms with E-state index in [1.54, 1.807) is 0 Å². The fraction of sp³-hybridized carbons (Fsp3) is 0.188. The van der Waals surface area contributed by atoms with Crippen molar-refractivity contribution in [3.8, 4) is 0 Å². The Hall–Kier alpha value is -2.01. The predicted octanol–water partition coefficient (Wildman–Crippen LogP) is 4.71. The van der Waals surface area contributed by atoms with Crippen molar-refractivity contribution in [2.75, 3.05) is 0 Å². The van der Waals surface area contributed by atoms with Gasteiger partial charge in [0.2, 0.25) is 0 Å². The van der Waals surface area contributed by atoms with E-state index in [-0.39, 0.29) is 11.6 Å². The Morgan fingerprint density at radius 3 is 2.67 bits per heavy atom. The van der Waals surface area contributed by atoms with Gasteiger partial charge < -0.3 is 9.55 Å². The van der Waals surface area contributed by atoms with E-state index in [1.807, 2.05) is 22.8 Å². The van der Waals surface area contributed by atoms with E-state index in [4.69, 9.17) is 12.2 Å². The highest BCUT2D eigenvalue weighted by Crippen LogP contribution is 2.52. The van der Waals surface area contributed by atoms with E-state index in [2.05, 4.69) is 17.1 Å². The molecular weight excluding hydrogens is 290 g/mol. The average molecular weight is 302 g/mol. The van der Waals surface area contributed by atoms with Crippen molar-refractivity contribution in [2.45, 2.75) is 18.4 Å². The molecule has 2 aromatic carbocycles. The lowest BCUT2D eigenvalue weighted by Gasteiger charge is -2.04. The topological polar surface area (TPSA) is 20.7 Å². The molecule has 106 valence electrons. The molecule has 0 radical (unpaired) electrons. The van der Waals surface area contributed by atoms with Crippen molar-refractivity contribution < 1.29 is 8.78 Å². The van der Waals surface area contributed by atoms with Gasteiger partial charge in [-0.2, -0.15) is 0 Å². The zero-order valence-corrected chi connectivity index (χ0v) is 11.8. The van der Waals surface area contributed by atoms with Gasteiger partial charge in [-0.1, -0.05) is 30.3 Å². The second kappa shape index (κ2) is 4.49. The molecule has 2 nitrogen and oxygen atoms in total. The molecule has 0 aliphatic heterocycles. The van der Waals surface area contributed by atoms with Crippen LogP contribution in [0.15, 0.2) is 42.5 Å². The number of aromatic amines is 1. The van der Waals surface area contributed by atoms with Gasteiger partial charge >= 0.3 is 0 Å². The van der Waals surface area contributed by atoms with Crippen molar-refractivity contribution >= 4 is 23.3 Å². The highest BCUT2D eigenvalue weighted by atomic mass is 32.1. The first-order valence-corrected chi connectivity index (χ1v) is 7.20. The van der Waals surface area contributed by atoms with E-state index in [0.29, 0.717) is 16.2 Å². The van der Waals surface area contributed by atoms with E-state index >= 15 is 0 Å². The van der Waals surface area contributed by atoms with Gasteiger partial charge in [-0.05, 0) is 30.3 Å². The predicted molar refractivity (Wildman–Crippen MR) is 79.9 cm³/mol. The van der Waals surface area contributed by atoms with Crippen molar-refractivity contribution in [1.82, 2.24) is 9.55 Å². The maximum absolute atomic E-state index is 13.8. The summed E-state index contributed by atoms with van der Waals surface area (Å²) in [6.45, 7) is 0. The molecule has 0 bridgehead atoms. The number of hydrogen-bond donors (Lipinski definition) is 1. The quantitative estimate of drug-likeness (QED) is 0.680. The molecule has 0 saturated heterocycles. The van der Waals surface area contributed by atoms with Crippen LogP contribution >= 0.6 is 12.2 Å². The summed E-state index contributed by atoms with van der Waals surface area (Å²) in [5.74, 6) is -0.838. The molecule has 21 heavy (non-hydrogen) atoms. The minimum atomic E-state index is -0.605. The third-order valence-electron chi connectivity index (χ3n) is 4.06. The zero-order chi connectivity index (χ0) is 14.6. The highest BCUT2D eigenvalue weighted by Gasteiger charge is 2.41. The molecule has 1 saturated carbocycles. The van der Waals surface area contributed by atoms with Crippen molar-refractivity contribution in [3.05, 3.63) is 64.4 Å². The average Bonchev–Trinajstić information content (AvgIpc) is 3.17. The molecule has 2 unspecified atom stereocenters. The van der Waals surface area contributed by atoms with Gasteiger partial charge in [0.15, 0.2) is 10.6 Å². The van der Waals surface area contributed by atoms with Crippen LogP contribution in [0.25, 0.3) is 11.0 Å². The monoisotopic (exact) mass is 302 g/mol. The molecule has 2 atom stereocenters. The Labute approximate surface area is 125 Å². The Kier molecular flexibility index (Phi) is 2.72. The number of fused-ring (bicyclic) bond motifs is 1. The van der Waals surface area contributed by atoms with Gasteiger partial charge in [0.1, 0.15) is 11.3 Å². The first kappa shape index (κ1) is 12.7. The summed E-state index contributed by atoms with van der Waals surface area (Å²) in [6, 6.07) is 12.5. The fourth-order valence-corrected chi connectivity index (χ4v) is 3.34. The molecule has 0 amide bonds. The lowest BCUT2D eigenvalue weighted by Crippen LogP contribution is -1.97. The number of imidazole rings is 1. The van der Waals surface area contributed by atoms with Crippen LogP contribution in [0.1, 0.15) is 23.9 Å². The third kappa shape index (κ3) is 2.00. The molecule has 1 aliphatic carbocycles. The minimum Gasteiger partial charge on any atom is -0.328 e.